The van der Waals surface area contributed by atoms with Crippen molar-refractivity contribution in [1.29, 1.82) is 0 Å². The van der Waals surface area contributed by atoms with Crippen LogP contribution in [0.3, 0.4) is 0 Å². The molecule has 0 radical (unpaired) electrons. The Morgan fingerprint density at radius 3 is 2.25 bits per heavy atom. The number of rotatable bonds is 1. The smallest absolute Gasteiger partial charge is 0.284 e. The fourth-order valence-corrected chi connectivity index (χ4v) is 1.81. The standard InChI is InChI=1S/C8HBrCl2F4O/c9-4-2(7(16)8(13,14)15)1-3(10)6(12)5(4)11/h1H. The van der Waals surface area contributed by atoms with Gasteiger partial charge in [0.25, 0.3) is 5.78 Å². The Balaban J connectivity index is 3.43. The number of hydrogen-bond acceptors (Lipinski definition) is 1. The molecule has 0 saturated heterocycles. The highest BCUT2D eigenvalue weighted by Gasteiger charge is 2.41. The highest BCUT2D eigenvalue weighted by molar-refractivity contribution is 9.10. The summed E-state index contributed by atoms with van der Waals surface area (Å²) in [4.78, 5) is 10.9. The summed E-state index contributed by atoms with van der Waals surface area (Å²) in [6.07, 6.45) is -5.08. The van der Waals surface area contributed by atoms with E-state index in [0.29, 0.717) is 6.07 Å². The lowest BCUT2D eigenvalue weighted by molar-refractivity contribution is -0.0885. The zero-order valence-corrected chi connectivity index (χ0v) is 10.2. The topological polar surface area (TPSA) is 17.1 Å². The van der Waals surface area contributed by atoms with Crippen LogP contribution >= 0.6 is 39.1 Å². The number of benzene rings is 1. The maximum atomic E-state index is 13.0. The number of carbonyl (C=O) groups is 1. The lowest BCUT2D eigenvalue weighted by Crippen LogP contribution is -2.23. The molecule has 0 bridgehead atoms. The average molecular weight is 340 g/mol. The maximum absolute atomic E-state index is 13.0. The van der Waals surface area contributed by atoms with Gasteiger partial charge in [-0.15, -0.1) is 0 Å². The van der Waals surface area contributed by atoms with Gasteiger partial charge in [0.15, 0.2) is 5.82 Å². The highest BCUT2D eigenvalue weighted by Crippen LogP contribution is 2.36. The van der Waals surface area contributed by atoms with Gasteiger partial charge in [0, 0.05) is 5.56 Å². The predicted octanol–water partition coefficient (Wildman–Crippen LogP) is 4.64. The van der Waals surface area contributed by atoms with E-state index in [1.807, 2.05) is 0 Å². The van der Waals surface area contributed by atoms with Gasteiger partial charge in [-0.1, -0.05) is 23.2 Å². The van der Waals surface area contributed by atoms with E-state index in [-0.39, 0.29) is 0 Å². The van der Waals surface area contributed by atoms with Gasteiger partial charge in [0.1, 0.15) is 0 Å². The van der Waals surface area contributed by atoms with E-state index in [0.717, 1.165) is 0 Å². The second-order valence-corrected chi connectivity index (χ2v) is 4.25. The van der Waals surface area contributed by atoms with Gasteiger partial charge in [0.2, 0.25) is 0 Å². The lowest BCUT2D eigenvalue weighted by Gasteiger charge is -2.09. The summed E-state index contributed by atoms with van der Waals surface area (Å²) in [5.41, 5.74) is -0.830. The molecule has 1 rings (SSSR count). The predicted molar refractivity (Wildman–Crippen MR) is 54.5 cm³/mol. The van der Waals surface area contributed by atoms with Crippen LogP contribution in [-0.4, -0.2) is 12.0 Å². The van der Waals surface area contributed by atoms with E-state index in [2.05, 4.69) is 15.9 Å². The van der Waals surface area contributed by atoms with Gasteiger partial charge in [-0.3, -0.25) is 4.79 Å². The summed E-state index contributed by atoms with van der Waals surface area (Å²) in [7, 11) is 0. The van der Waals surface area contributed by atoms with Crippen molar-refractivity contribution in [2.45, 2.75) is 6.18 Å². The SMILES string of the molecule is O=C(c1cc(Cl)c(F)c(Cl)c1Br)C(F)(F)F. The molecule has 0 spiro atoms. The zero-order valence-electron chi connectivity index (χ0n) is 7.13. The summed E-state index contributed by atoms with van der Waals surface area (Å²) in [5, 5.41) is -1.32. The fourth-order valence-electron chi connectivity index (χ4n) is 0.891. The van der Waals surface area contributed by atoms with Crippen molar-refractivity contribution in [1.82, 2.24) is 0 Å². The molecule has 0 aromatic heterocycles. The zero-order chi connectivity index (χ0) is 12.7. The first-order valence-electron chi connectivity index (χ1n) is 3.60. The Morgan fingerprint density at radius 1 is 1.31 bits per heavy atom. The second-order valence-electron chi connectivity index (χ2n) is 2.67. The molecule has 0 aliphatic heterocycles. The number of carbonyl (C=O) groups excluding carboxylic acids is 1. The van der Waals surface area contributed by atoms with Crippen molar-refractivity contribution < 1.29 is 22.4 Å². The maximum Gasteiger partial charge on any atom is 0.454 e. The monoisotopic (exact) mass is 338 g/mol. The van der Waals surface area contributed by atoms with Crippen LogP contribution in [0.4, 0.5) is 17.6 Å². The number of ketones is 1. The molecule has 0 unspecified atom stereocenters. The van der Waals surface area contributed by atoms with Crippen molar-refractivity contribution in [3.8, 4) is 0 Å². The number of halogens is 7. The second kappa shape index (κ2) is 4.50. The Hall–Kier alpha value is -0.330. The highest BCUT2D eigenvalue weighted by atomic mass is 79.9. The largest absolute Gasteiger partial charge is 0.454 e. The molecular weight excluding hydrogens is 339 g/mol. The molecule has 0 N–H and O–H groups in total. The Bertz CT molecular complexity index is 458. The Morgan fingerprint density at radius 2 is 1.81 bits per heavy atom. The van der Waals surface area contributed by atoms with E-state index < -0.39 is 37.9 Å². The minimum absolute atomic E-state index is 0.474. The molecule has 1 nitrogen and oxygen atoms in total. The van der Waals surface area contributed by atoms with Gasteiger partial charge in [0.05, 0.1) is 14.5 Å². The van der Waals surface area contributed by atoms with Crippen molar-refractivity contribution in [2.75, 3.05) is 0 Å². The first-order valence-corrected chi connectivity index (χ1v) is 5.15. The van der Waals surface area contributed by atoms with Gasteiger partial charge < -0.3 is 0 Å². The summed E-state index contributed by atoms with van der Waals surface area (Å²) in [6, 6.07) is 0.572. The van der Waals surface area contributed by atoms with Crippen LogP contribution in [0.5, 0.6) is 0 Å². The van der Waals surface area contributed by atoms with Crippen LogP contribution in [0, 0.1) is 5.82 Å². The van der Waals surface area contributed by atoms with Crippen LogP contribution in [0.25, 0.3) is 0 Å². The molecule has 0 saturated carbocycles. The van der Waals surface area contributed by atoms with Crippen molar-refractivity contribution in [3.63, 3.8) is 0 Å². The molecule has 0 atom stereocenters. The molecule has 0 aliphatic carbocycles. The summed E-state index contributed by atoms with van der Waals surface area (Å²) < 4.78 is 49.0. The Kier molecular flexibility index (Phi) is 3.87. The molecular formula is C8HBrCl2F4O. The first-order chi connectivity index (χ1) is 7.16. The molecule has 0 heterocycles. The summed E-state index contributed by atoms with van der Waals surface area (Å²) >= 11 is 13.2. The molecule has 1 aromatic carbocycles. The van der Waals surface area contributed by atoms with Crippen LogP contribution in [0.2, 0.25) is 10.0 Å². The fraction of sp³-hybridized carbons (Fsp3) is 0.125. The summed E-state index contributed by atoms with van der Waals surface area (Å²) in [6.45, 7) is 0. The van der Waals surface area contributed by atoms with Crippen molar-refractivity contribution in [3.05, 3.63) is 32.0 Å². The average Bonchev–Trinajstić information content (AvgIpc) is 2.18. The van der Waals surface area contributed by atoms with Gasteiger partial charge in [-0.05, 0) is 22.0 Å². The molecule has 1 aromatic rings. The van der Waals surface area contributed by atoms with Crippen molar-refractivity contribution in [2.24, 2.45) is 0 Å². The number of alkyl halides is 3. The number of hydrogen-bond donors (Lipinski definition) is 0. The van der Waals surface area contributed by atoms with Crippen LogP contribution in [0.15, 0.2) is 10.5 Å². The van der Waals surface area contributed by atoms with E-state index >= 15 is 0 Å². The first kappa shape index (κ1) is 13.7. The third-order valence-corrected chi connectivity index (χ3v) is 3.29. The molecule has 16 heavy (non-hydrogen) atoms. The third kappa shape index (κ3) is 2.49. The minimum atomic E-state index is -5.08. The van der Waals surface area contributed by atoms with Gasteiger partial charge in [-0.25, -0.2) is 4.39 Å². The molecule has 0 fully saturated rings. The molecule has 0 aliphatic rings. The van der Waals surface area contributed by atoms with E-state index in [9.17, 15) is 22.4 Å². The minimum Gasteiger partial charge on any atom is -0.284 e. The van der Waals surface area contributed by atoms with E-state index in [4.69, 9.17) is 23.2 Å². The summed E-state index contributed by atoms with van der Waals surface area (Å²) in [5.74, 6) is -3.24. The van der Waals surface area contributed by atoms with E-state index in [1.165, 1.54) is 0 Å². The van der Waals surface area contributed by atoms with Crippen LogP contribution in [-0.2, 0) is 0 Å². The molecule has 8 heteroatoms. The normalized spacial score (nSPS) is 11.7. The lowest BCUT2D eigenvalue weighted by atomic mass is 10.1. The molecule has 0 amide bonds. The van der Waals surface area contributed by atoms with Gasteiger partial charge in [-0.2, -0.15) is 13.2 Å². The van der Waals surface area contributed by atoms with Gasteiger partial charge >= 0.3 is 6.18 Å². The third-order valence-electron chi connectivity index (χ3n) is 1.60. The number of Topliss-reactive ketones (excluding diaryl/α,β-unsaturated/α-hetero) is 1. The van der Waals surface area contributed by atoms with Crippen LogP contribution < -0.4 is 0 Å². The quantitative estimate of drug-likeness (QED) is 0.315. The van der Waals surface area contributed by atoms with Crippen molar-refractivity contribution >= 4 is 44.9 Å². The Labute approximate surface area is 105 Å². The van der Waals surface area contributed by atoms with Crippen LogP contribution in [0.1, 0.15) is 10.4 Å². The van der Waals surface area contributed by atoms with E-state index in [1.54, 1.807) is 0 Å². The molecule has 88 valence electrons.